The van der Waals surface area contributed by atoms with Crippen molar-refractivity contribution in [2.45, 2.75) is 74.0 Å². The molecular formula is C30H39PS3. The van der Waals surface area contributed by atoms with Crippen molar-refractivity contribution >= 4 is 59.1 Å². The summed E-state index contributed by atoms with van der Waals surface area (Å²) in [5.41, 5.74) is 0. The van der Waals surface area contributed by atoms with Crippen molar-refractivity contribution in [3.63, 3.8) is 0 Å². The van der Waals surface area contributed by atoms with Crippen LogP contribution in [-0.2, 0) is 0 Å². The highest BCUT2D eigenvalue weighted by Gasteiger charge is 2.17. The molecular weight excluding hydrogens is 488 g/mol. The summed E-state index contributed by atoms with van der Waals surface area (Å²) in [5.74, 6) is 3.62. The highest BCUT2D eigenvalue weighted by molar-refractivity contribution is 7.99. The molecule has 3 aromatic rings. The standard InChI is InChI=1S/C30H39PS3/c1-4-7-22-32-28-16-10-25(11-17-28)31(26-12-18-29(19-13-26)33-23-8-5-2)27-14-20-30(21-15-27)34-24-9-6-3/h10-21H,4-9,22-24H2,1-3H3. The Balaban J connectivity index is 1.83. The van der Waals surface area contributed by atoms with Crippen LogP contribution in [0.5, 0.6) is 0 Å². The summed E-state index contributed by atoms with van der Waals surface area (Å²) >= 11 is 5.94. The molecule has 0 atom stereocenters. The fraction of sp³-hybridized carbons (Fsp3) is 0.400. The maximum Gasteiger partial charge on any atom is 0.00724 e. The van der Waals surface area contributed by atoms with Crippen LogP contribution in [0.4, 0.5) is 0 Å². The minimum atomic E-state index is -0.559. The van der Waals surface area contributed by atoms with Crippen LogP contribution in [0.1, 0.15) is 59.3 Å². The van der Waals surface area contributed by atoms with Gasteiger partial charge in [-0.05, 0) is 96.8 Å². The lowest BCUT2D eigenvalue weighted by molar-refractivity contribution is 0.896. The van der Waals surface area contributed by atoms with E-state index in [0.717, 1.165) is 0 Å². The number of thioether (sulfide) groups is 3. The van der Waals surface area contributed by atoms with Gasteiger partial charge in [-0.15, -0.1) is 35.3 Å². The SMILES string of the molecule is CCCCSc1ccc(P(c2ccc(SCCCC)cc2)c2ccc(SCCCC)cc2)cc1. The van der Waals surface area contributed by atoms with Gasteiger partial charge >= 0.3 is 0 Å². The van der Waals surface area contributed by atoms with Crippen molar-refractivity contribution in [2.75, 3.05) is 17.3 Å². The first-order valence-corrected chi connectivity index (χ1v) is 17.0. The quantitative estimate of drug-likeness (QED) is 0.110. The molecule has 0 aliphatic rings. The first-order chi connectivity index (χ1) is 16.7. The summed E-state index contributed by atoms with van der Waals surface area (Å²) in [6.07, 6.45) is 7.63. The maximum absolute atomic E-state index is 2.37. The lowest BCUT2D eigenvalue weighted by Crippen LogP contribution is -2.20. The molecule has 182 valence electrons. The lowest BCUT2D eigenvalue weighted by Gasteiger charge is -2.20. The van der Waals surface area contributed by atoms with Crippen molar-refractivity contribution in [3.8, 4) is 0 Å². The van der Waals surface area contributed by atoms with E-state index >= 15 is 0 Å². The van der Waals surface area contributed by atoms with E-state index in [9.17, 15) is 0 Å². The number of unbranched alkanes of at least 4 members (excludes halogenated alkanes) is 3. The zero-order valence-corrected chi connectivity index (χ0v) is 24.3. The zero-order chi connectivity index (χ0) is 24.0. The van der Waals surface area contributed by atoms with E-state index < -0.39 is 7.92 Å². The molecule has 0 aliphatic carbocycles. The van der Waals surface area contributed by atoms with Crippen molar-refractivity contribution < 1.29 is 0 Å². The summed E-state index contributed by atoms with van der Waals surface area (Å²) in [4.78, 5) is 4.16. The van der Waals surface area contributed by atoms with Gasteiger partial charge in [-0.3, -0.25) is 0 Å². The molecule has 3 rings (SSSR count). The smallest absolute Gasteiger partial charge is 0.00724 e. The third-order valence-electron chi connectivity index (χ3n) is 5.58. The second-order valence-corrected chi connectivity index (χ2v) is 14.1. The van der Waals surface area contributed by atoms with Gasteiger partial charge in [-0.2, -0.15) is 0 Å². The van der Waals surface area contributed by atoms with Gasteiger partial charge < -0.3 is 0 Å². The van der Waals surface area contributed by atoms with Crippen LogP contribution in [0.3, 0.4) is 0 Å². The zero-order valence-electron chi connectivity index (χ0n) is 21.0. The van der Waals surface area contributed by atoms with Gasteiger partial charge in [0, 0.05) is 14.7 Å². The van der Waals surface area contributed by atoms with Crippen LogP contribution in [-0.4, -0.2) is 17.3 Å². The van der Waals surface area contributed by atoms with Crippen LogP contribution >= 0.6 is 43.2 Å². The van der Waals surface area contributed by atoms with Gasteiger partial charge in [0.2, 0.25) is 0 Å². The van der Waals surface area contributed by atoms with E-state index in [4.69, 9.17) is 0 Å². The molecule has 3 aromatic carbocycles. The summed E-state index contributed by atoms with van der Waals surface area (Å²) < 4.78 is 0. The van der Waals surface area contributed by atoms with Gasteiger partial charge in [0.05, 0.1) is 0 Å². The maximum atomic E-state index is 2.37. The molecule has 4 heteroatoms. The molecule has 0 saturated heterocycles. The predicted octanol–water partition coefficient (Wildman–Crippen LogP) is 9.12. The lowest BCUT2D eigenvalue weighted by atomic mass is 10.3. The van der Waals surface area contributed by atoms with E-state index in [1.54, 1.807) is 0 Å². The fourth-order valence-corrected chi connectivity index (χ4v) is 8.75. The minimum absolute atomic E-state index is 0.559. The molecule has 0 radical (unpaired) electrons. The van der Waals surface area contributed by atoms with Gasteiger partial charge in [0.15, 0.2) is 0 Å². The van der Waals surface area contributed by atoms with Crippen LogP contribution < -0.4 is 15.9 Å². The summed E-state index contributed by atoms with van der Waals surface area (Å²) in [6.45, 7) is 6.79. The minimum Gasteiger partial charge on any atom is -0.126 e. The predicted molar refractivity (Wildman–Crippen MR) is 162 cm³/mol. The molecule has 0 N–H and O–H groups in total. The molecule has 0 spiro atoms. The number of hydrogen-bond acceptors (Lipinski definition) is 3. The highest BCUT2D eigenvalue weighted by Crippen LogP contribution is 2.35. The van der Waals surface area contributed by atoms with E-state index in [1.807, 2.05) is 35.3 Å². The molecule has 0 aliphatic heterocycles. The van der Waals surface area contributed by atoms with E-state index in [1.165, 1.54) is 86.4 Å². The fourth-order valence-electron chi connectivity index (χ4n) is 3.52. The molecule has 0 unspecified atom stereocenters. The Labute approximate surface area is 222 Å². The average Bonchev–Trinajstić information content (AvgIpc) is 2.87. The van der Waals surface area contributed by atoms with E-state index in [0.29, 0.717) is 0 Å². The molecule has 0 nitrogen and oxygen atoms in total. The van der Waals surface area contributed by atoms with Crippen molar-refractivity contribution in [2.24, 2.45) is 0 Å². The van der Waals surface area contributed by atoms with Gasteiger partial charge in [0.25, 0.3) is 0 Å². The van der Waals surface area contributed by atoms with E-state index in [2.05, 4.69) is 93.6 Å². The second kappa shape index (κ2) is 16.0. The Morgan fingerprint density at radius 1 is 0.441 bits per heavy atom. The van der Waals surface area contributed by atoms with Gasteiger partial charge in [0.1, 0.15) is 0 Å². The summed E-state index contributed by atoms with van der Waals surface area (Å²) in [6, 6.07) is 28.2. The Kier molecular flexibility index (Phi) is 13.0. The van der Waals surface area contributed by atoms with Crippen LogP contribution in [0.2, 0.25) is 0 Å². The average molecular weight is 527 g/mol. The summed E-state index contributed by atoms with van der Waals surface area (Å²) in [7, 11) is -0.559. The Morgan fingerprint density at radius 2 is 0.706 bits per heavy atom. The van der Waals surface area contributed by atoms with E-state index in [-0.39, 0.29) is 0 Å². The topological polar surface area (TPSA) is 0 Å². The molecule has 0 amide bonds. The monoisotopic (exact) mass is 526 g/mol. The number of rotatable bonds is 15. The van der Waals surface area contributed by atoms with Crippen molar-refractivity contribution in [1.29, 1.82) is 0 Å². The summed E-state index contributed by atoms with van der Waals surface area (Å²) in [5, 5.41) is 4.31. The third-order valence-corrected chi connectivity index (χ3v) is 11.3. The molecule has 0 heterocycles. The number of hydrogen-bond donors (Lipinski definition) is 0. The third kappa shape index (κ3) is 8.98. The Morgan fingerprint density at radius 3 is 0.941 bits per heavy atom. The largest absolute Gasteiger partial charge is 0.126 e. The molecule has 34 heavy (non-hydrogen) atoms. The van der Waals surface area contributed by atoms with Crippen molar-refractivity contribution in [1.82, 2.24) is 0 Å². The Bertz CT molecular complexity index is 809. The van der Waals surface area contributed by atoms with Gasteiger partial charge in [-0.1, -0.05) is 76.4 Å². The van der Waals surface area contributed by atoms with Crippen molar-refractivity contribution in [3.05, 3.63) is 72.8 Å². The molecule has 0 saturated carbocycles. The van der Waals surface area contributed by atoms with Crippen LogP contribution in [0.15, 0.2) is 87.5 Å². The number of benzene rings is 3. The highest BCUT2D eigenvalue weighted by atomic mass is 32.2. The first kappa shape index (κ1) is 27.7. The second-order valence-electron chi connectivity index (χ2n) is 8.42. The van der Waals surface area contributed by atoms with Crippen LogP contribution in [0, 0.1) is 0 Å². The van der Waals surface area contributed by atoms with Crippen LogP contribution in [0.25, 0.3) is 0 Å². The molecule has 0 fully saturated rings. The van der Waals surface area contributed by atoms with Gasteiger partial charge in [-0.25, -0.2) is 0 Å². The normalized spacial score (nSPS) is 11.3. The first-order valence-electron chi connectivity index (χ1n) is 12.7. The Hall–Kier alpha value is -0.860. The molecule has 0 aromatic heterocycles. The molecule has 0 bridgehead atoms.